The Morgan fingerprint density at radius 3 is 2.67 bits per heavy atom. The third kappa shape index (κ3) is 3.39. The smallest absolute Gasteiger partial charge is 0.238 e. The number of halogens is 1. The number of nitrogens with zero attached hydrogens (tertiary/aromatic N) is 2. The first-order chi connectivity index (χ1) is 11.5. The Balaban J connectivity index is 1.78. The van der Waals surface area contributed by atoms with E-state index >= 15 is 0 Å². The van der Waals surface area contributed by atoms with Crippen LogP contribution >= 0.6 is 23.4 Å². The number of furan rings is 1. The van der Waals surface area contributed by atoms with Crippen LogP contribution in [-0.4, -0.2) is 21.1 Å². The molecule has 0 aliphatic carbocycles. The number of aromatic nitrogens is 2. The summed E-state index contributed by atoms with van der Waals surface area (Å²) in [6, 6.07) is 7.40. The first-order valence-corrected chi connectivity index (χ1v) is 8.65. The van der Waals surface area contributed by atoms with E-state index in [4.69, 9.17) is 16.0 Å². The second-order valence-electron chi connectivity index (χ2n) is 5.39. The molecule has 0 saturated heterocycles. The molecule has 1 atom stereocenters. The normalized spacial score (nSPS) is 12.3. The fraction of sp³-hybridized carbons (Fsp3) is 0.235. The first-order valence-electron chi connectivity index (χ1n) is 7.39. The molecule has 1 unspecified atom stereocenters. The summed E-state index contributed by atoms with van der Waals surface area (Å²) in [7, 11) is 0. The third-order valence-corrected chi connectivity index (χ3v) is 5.07. The summed E-state index contributed by atoms with van der Waals surface area (Å²) in [5, 5.41) is 4.00. The van der Waals surface area contributed by atoms with E-state index in [1.54, 1.807) is 12.1 Å². The van der Waals surface area contributed by atoms with Crippen LogP contribution < -0.4 is 5.32 Å². The number of carbonyl (C=O) groups excluding carboxylic acids is 1. The van der Waals surface area contributed by atoms with Crippen LogP contribution in [0.2, 0.25) is 5.02 Å². The van der Waals surface area contributed by atoms with E-state index in [0.717, 1.165) is 21.6 Å². The zero-order chi connectivity index (χ0) is 17.3. The van der Waals surface area contributed by atoms with Gasteiger partial charge in [0.15, 0.2) is 0 Å². The zero-order valence-corrected chi connectivity index (χ0v) is 15.0. The lowest BCUT2D eigenvalue weighted by molar-refractivity contribution is -0.115. The van der Waals surface area contributed by atoms with E-state index in [1.165, 1.54) is 18.1 Å². The molecule has 0 saturated carbocycles. The van der Waals surface area contributed by atoms with Gasteiger partial charge in [0.25, 0.3) is 0 Å². The van der Waals surface area contributed by atoms with Crippen molar-refractivity contribution in [1.82, 2.24) is 9.97 Å². The van der Waals surface area contributed by atoms with Crippen LogP contribution in [0.25, 0.3) is 11.1 Å². The molecular weight excluding hydrogens is 346 g/mol. The lowest BCUT2D eigenvalue weighted by Crippen LogP contribution is -2.23. The molecule has 3 aromatic rings. The largest absolute Gasteiger partial charge is 0.443 e. The number of hydrogen-bond donors (Lipinski definition) is 1. The Hall–Kier alpha value is -2.05. The van der Waals surface area contributed by atoms with Gasteiger partial charge in [-0.25, -0.2) is 9.97 Å². The van der Waals surface area contributed by atoms with Gasteiger partial charge in [-0.15, -0.1) is 11.8 Å². The maximum Gasteiger partial charge on any atom is 0.238 e. The summed E-state index contributed by atoms with van der Waals surface area (Å²) >= 11 is 7.34. The quantitative estimate of drug-likeness (QED) is 0.687. The second kappa shape index (κ2) is 6.83. The van der Waals surface area contributed by atoms with Crippen molar-refractivity contribution in [3.8, 4) is 0 Å². The molecule has 1 amide bonds. The van der Waals surface area contributed by atoms with Crippen LogP contribution in [0.4, 0.5) is 5.82 Å². The molecule has 5 nitrogen and oxygen atoms in total. The minimum absolute atomic E-state index is 0.131. The number of aryl methyl sites for hydroxylation is 2. The van der Waals surface area contributed by atoms with E-state index in [0.29, 0.717) is 16.6 Å². The Morgan fingerprint density at radius 2 is 1.96 bits per heavy atom. The standard InChI is InChI=1S/C17H16ClN3O2S/c1-9-10(2)23-17-14(9)15(19-8-20-17)21-16(22)11(3)24-13-6-4-12(18)5-7-13/h4-8,11H,1-3H3,(H,19,20,21,22). The van der Waals surface area contributed by atoms with Gasteiger partial charge in [0, 0.05) is 15.5 Å². The highest BCUT2D eigenvalue weighted by molar-refractivity contribution is 8.00. The highest BCUT2D eigenvalue weighted by Gasteiger charge is 2.19. The Labute approximate surface area is 148 Å². The summed E-state index contributed by atoms with van der Waals surface area (Å²) in [5.74, 6) is 1.11. The summed E-state index contributed by atoms with van der Waals surface area (Å²) in [4.78, 5) is 21.8. The van der Waals surface area contributed by atoms with E-state index in [-0.39, 0.29) is 11.2 Å². The molecule has 0 spiro atoms. The number of hydrogen-bond acceptors (Lipinski definition) is 5. The summed E-state index contributed by atoms with van der Waals surface area (Å²) < 4.78 is 5.57. The van der Waals surface area contributed by atoms with Crippen molar-refractivity contribution in [2.24, 2.45) is 0 Å². The summed E-state index contributed by atoms with van der Waals surface area (Å²) in [6.45, 7) is 5.63. The molecule has 0 radical (unpaired) electrons. The maximum absolute atomic E-state index is 12.5. The molecule has 1 N–H and O–H groups in total. The predicted octanol–water partition coefficient (Wildman–Crippen LogP) is 4.61. The maximum atomic E-state index is 12.5. The van der Waals surface area contributed by atoms with Crippen LogP contribution in [0.5, 0.6) is 0 Å². The van der Waals surface area contributed by atoms with Gasteiger partial charge in [-0.3, -0.25) is 4.79 Å². The van der Waals surface area contributed by atoms with Gasteiger partial charge >= 0.3 is 0 Å². The van der Waals surface area contributed by atoms with Gasteiger partial charge < -0.3 is 9.73 Å². The highest BCUT2D eigenvalue weighted by Crippen LogP contribution is 2.29. The number of thioether (sulfide) groups is 1. The number of benzene rings is 1. The van der Waals surface area contributed by atoms with Crippen LogP contribution in [-0.2, 0) is 4.79 Å². The molecule has 3 rings (SSSR count). The molecule has 1 aromatic carbocycles. The van der Waals surface area contributed by atoms with Crippen molar-refractivity contribution >= 4 is 46.2 Å². The van der Waals surface area contributed by atoms with Crippen LogP contribution in [0.15, 0.2) is 39.9 Å². The molecule has 7 heteroatoms. The highest BCUT2D eigenvalue weighted by atomic mass is 35.5. The molecule has 0 bridgehead atoms. The van der Waals surface area contributed by atoms with Gasteiger partial charge in [-0.2, -0.15) is 0 Å². The average Bonchev–Trinajstić information content (AvgIpc) is 2.85. The number of amides is 1. The monoisotopic (exact) mass is 361 g/mol. The Morgan fingerprint density at radius 1 is 1.25 bits per heavy atom. The molecular formula is C17H16ClN3O2S. The second-order valence-corrected chi connectivity index (χ2v) is 7.24. The first kappa shape index (κ1) is 16.8. The van der Waals surface area contributed by atoms with Crippen molar-refractivity contribution in [3.05, 3.63) is 46.9 Å². The fourth-order valence-electron chi connectivity index (χ4n) is 2.27. The number of rotatable bonds is 4. The fourth-order valence-corrected chi connectivity index (χ4v) is 3.26. The molecule has 2 aromatic heterocycles. The average molecular weight is 362 g/mol. The summed E-state index contributed by atoms with van der Waals surface area (Å²) in [6.07, 6.45) is 1.39. The molecule has 0 aliphatic heterocycles. The van der Waals surface area contributed by atoms with Crippen LogP contribution in [0.3, 0.4) is 0 Å². The Kier molecular flexibility index (Phi) is 4.78. The van der Waals surface area contributed by atoms with E-state index in [1.807, 2.05) is 32.9 Å². The van der Waals surface area contributed by atoms with Gasteiger partial charge in [-0.05, 0) is 45.0 Å². The van der Waals surface area contributed by atoms with Crippen molar-refractivity contribution in [2.75, 3.05) is 5.32 Å². The molecule has 124 valence electrons. The van der Waals surface area contributed by atoms with E-state index < -0.39 is 0 Å². The molecule has 2 heterocycles. The van der Waals surface area contributed by atoms with Gasteiger partial charge in [0.05, 0.1) is 10.6 Å². The van der Waals surface area contributed by atoms with Gasteiger partial charge in [0.1, 0.15) is 17.9 Å². The van der Waals surface area contributed by atoms with Gasteiger partial charge in [0.2, 0.25) is 11.6 Å². The minimum atomic E-state index is -0.288. The van der Waals surface area contributed by atoms with Crippen LogP contribution in [0, 0.1) is 13.8 Å². The summed E-state index contributed by atoms with van der Waals surface area (Å²) in [5.41, 5.74) is 1.41. The Bertz CT molecular complexity index is 893. The zero-order valence-electron chi connectivity index (χ0n) is 13.5. The number of fused-ring (bicyclic) bond motifs is 1. The predicted molar refractivity (Wildman–Crippen MR) is 96.7 cm³/mol. The molecule has 24 heavy (non-hydrogen) atoms. The topological polar surface area (TPSA) is 68.0 Å². The molecule has 0 fully saturated rings. The number of carbonyl (C=O) groups is 1. The van der Waals surface area contributed by atoms with Crippen molar-refractivity contribution < 1.29 is 9.21 Å². The third-order valence-electron chi connectivity index (χ3n) is 3.70. The lowest BCUT2D eigenvalue weighted by atomic mass is 10.2. The minimum Gasteiger partial charge on any atom is -0.443 e. The molecule has 0 aliphatic rings. The van der Waals surface area contributed by atoms with Crippen molar-refractivity contribution in [2.45, 2.75) is 30.9 Å². The van der Waals surface area contributed by atoms with Crippen molar-refractivity contribution in [3.63, 3.8) is 0 Å². The van der Waals surface area contributed by atoms with Crippen LogP contribution in [0.1, 0.15) is 18.2 Å². The van der Waals surface area contributed by atoms with E-state index in [2.05, 4.69) is 15.3 Å². The van der Waals surface area contributed by atoms with E-state index in [9.17, 15) is 4.79 Å². The number of anilines is 1. The van der Waals surface area contributed by atoms with Gasteiger partial charge in [-0.1, -0.05) is 11.6 Å². The SMILES string of the molecule is Cc1oc2ncnc(NC(=O)C(C)Sc3ccc(Cl)cc3)c2c1C. The lowest BCUT2D eigenvalue weighted by Gasteiger charge is -2.12. The number of nitrogens with one attached hydrogen (secondary N) is 1. The van der Waals surface area contributed by atoms with Crippen molar-refractivity contribution in [1.29, 1.82) is 0 Å².